The van der Waals surface area contributed by atoms with E-state index in [1.807, 2.05) is 55.6 Å². The molecule has 8 rings (SSSR count). The maximum atomic E-state index is 14.5. The summed E-state index contributed by atoms with van der Waals surface area (Å²) in [5, 5.41) is 1.87. The average Bonchev–Trinajstić information content (AvgIpc) is 3.32. The van der Waals surface area contributed by atoms with Gasteiger partial charge in [-0.1, -0.05) is 105 Å². The van der Waals surface area contributed by atoms with E-state index in [4.69, 9.17) is 4.42 Å². The van der Waals surface area contributed by atoms with Gasteiger partial charge < -0.3 is 9.32 Å². The highest BCUT2D eigenvalue weighted by Crippen LogP contribution is 2.44. The van der Waals surface area contributed by atoms with Crippen LogP contribution in [0.1, 0.15) is 48.9 Å². The molecule has 2 aliphatic rings. The second kappa shape index (κ2) is 21.4. The first-order valence-electron chi connectivity index (χ1n) is 23.1. The molecule has 1 heterocycles. The quantitative estimate of drug-likeness (QED) is 0.0370. The van der Waals surface area contributed by atoms with E-state index in [1.165, 1.54) is 47.7 Å². The Labute approximate surface area is 400 Å². The van der Waals surface area contributed by atoms with E-state index < -0.39 is 10.0 Å². The Morgan fingerprint density at radius 2 is 1.18 bits per heavy atom. The molecule has 0 saturated heterocycles. The summed E-state index contributed by atoms with van der Waals surface area (Å²) < 4.78 is 40.1. The van der Waals surface area contributed by atoms with Gasteiger partial charge in [0.25, 0.3) is 0 Å². The predicted molar refractivity (Wildman–Crippen MR) is 281 cm³/mol. The van der Waals surface area contributed by atoms with Crippen molar-refractivity contribution >= 4 is 61.6 Å². The Balaban J connectivity index is 1.33. The predicted octanol–water partition coefficient (Wildman–Crippen LogP) is 14.1. The van der Waals surface area contributed by atoms with Gasteiger partial charge in [0.1, 0.15) is 17.9 Å². The molecular weight excluding hydrogens is 871 g/mol. The lowest BCUT2D eigenvalue weighted by Crippen LogP contribution is -2.31. The zero-order valence-electron chi connectivity index (χ0n) is 39.0. The number of anilines is 2. The Hall–Kier alpha value is -5.58. The summed E-state index contributed by atoms with van der Waals surface area (Å²) in [5.41, 5.74) is 11.3. The summed E-state index contributed by atoms with van der Waals surface area (Å²) in [6.07, 6.45) is 1.92. The Morgan fingerprint density at radius 1 is 0.591 bits per heavy atom. The third kappa shape index (κ3) is 10.2. The molecule has 6 nitrogen and oxygen atoms in total. The number of benzene rings is 7. The van der Waals surface area contributed by atoms with E-state index in [2.05, 4.69) is 171 Å². The molecule has 0 saturated carbocycles. The van der Waals surface area contributed by atoms with Gasteiger partial charge in [0.05, 0.1) is 11.0 Å². The first kappa shape index (κ1) is 46.9. The Bertz CT molecular complexity index is 3050. The van der Waals surface area contributed by atoms with Crippen molar-refractivity contribution in [3.8, 4) is 22.5 Å². The van der Waals surface area contributed by atoms with Gasteiger partial charge in [-0.05, 0) is 99.5 Å². The number of thioether (sulfide) groups is 2. The summed E-state index contributed by atoms with van der Waals surface area (Å²) >= 11 is 3.76. The summed E-state index contributed by atoms with van der Waals surface area (Å²) in [4.78, 5) is 5.26. The molecule has 0 aromatic heterocycles. The van der Waals surface area contributed by atoms with Crippen LogP contribution in [0.25, 0.3) is 33.4 Å². The van der Waals surface area contributed by atoms with Gasteiger partial charge in [-0.25, -0.2) is 8.42 Å². The van der Waals surface area contributed by atoms with Crippen LogP contribution in [0.3, 0.4) is 0 Å². The smallest absolute Gasteiger partial charge is 0.243 e. The van der Waals surface area contributed by atoms with Gasteiger partial charge in [0.2, 0.25) is 21.1 Å². The van der Waals surface area contributed by atoms with Crippen LogP contribution in [0.2, 0.25) is 0 Å². The molecule has 0 radical (unpaired) electrons. The van der Waals surface area contributed by atoms with Gasteiger partial charge in [-0.3, -0.25) is 0 Å². The molecule has 6 aromatic rings. The molecule has 0 unspecified atom stereocenters. The van der Waals surface area contributed by atoms with Crippen LogP contribution in [0.4, 0.5) is 17.1 Å². The number of hydrogen-bond acceptors (Lipinski definition) is 6. The molecule has 0 bridgehead atoms. The van der Waals surface area contributed by atoms with Gasteiger partial charge >= 0.3 is 0 Å². The van der Waals surface area contributed by atoms with Crippen LogP contribution in [-0.2, 0) is 10.0 Å². The van der Waals surface area contributed by atoms with E-state index in [-0.39, 0.29) is 4.90 Å². The molecule has 0 spiro atoms. The number of sulfonamides is 1. The zero-order chi connectivity index (χ0) is 46.2. The molecule has 66 heavy (non-hydrogen) atoms. The fraction of sp³-hybridized carbons (Fsp3) is 0.246. The van der Waals surface area contributed by atoms with Crippen molar-refractivity contribution < 1.29 is 12.8 Å². The Morgan fingerprint density at radius 3 is 1.82 bits per heavy atom. The molecule has 1 aliphatic heterocycles. The van der Waals surface area contributed by atoms with Gasteiger partial charge in [-0.2, -0.15) is 8.88 Å². The average molecular weight is 931 g/mol. The molecular formula is C57H60N3O3S3+. The lowest BCUT2D eigenvalue weighted by molar-refractivity contribution is 0.445. The van der Waals surface area contributed by atoms with Crippen LogP contribution in [0.15, 0.2) is 177 Å². The molecule has 9 heteroatoms. The SMILES string of the molecule is CCN(CC)S(=O)(=O)c1ccccc1-c1c2ccc(=[N+](CCCSc3ccccc3)c3c(C)cccc3C)cc-2oc2cc(N(CCCSc3ccccc3)c3c(C)cccc3C)ccc12. The van der Waals surface area contributed by atoms with Crippen molar-refractivity contribution in [2.45, 2.75) is 69.1 Å². The molecule has 0 fully saturated rings. The lowest BCUT2D eigenvalue weighted by atomic mass is 9.93. The number of aryl methyl sites for hydroxylation is 4. The summed E-state index contributed by atoms with van der Waals surface area (Å²) in [7, 11) is -3.84. The molecule has 0 atom stereocenters. The minimum atomic E-state index is -3.84. The van der Waals surface area contributed by atoms with Crippen LogP contribution in [-0.4, -0.2) is 50.4 Å². The first-order chi connectivity index (χ1) is 32.1. The third-order valence-electron chi connectivity index (χ3n) is 12.3. The summed E-state index contributed by atoms with van der Waals surface area (Å²) in [5.74, 6) is 2.64. The standard InChI is InChI=1S/C57H60N3O3S3/c1-7-58(8-2)66(61,62)54-30-16-15-29-51(54)55-49-33-31-45(59(56-41(3)21-17-22-42(56)4)35-19-37-64-47-25-11-9-12-26-47)39-52(49)63-53-40-46(32-34-50(53)55)60(57-43(5)23-18-24-44(57)6)36-20-38-65-48-27-13-10-14-28-48/h9-18,21-34,39-40H,7-8,19-20,35-38H2,1-6H3/q+1. The molecule has 0 N–H and O–H groups in total. The maximum Gasteiger partial charge on any atom is 0.243 e. The molecule has 338 valence electrons. The number of rotatable bonds is 18. The third-order valence-corrected chi connectivity index (χ3v) is 16.6. The fourth-order valence-corrected chi connectivity index (χ4v) is 12.5. The summed E-state index contributed by atoms with van der Waals surface area (Å²) in [6, 6.07) is 54.5. The van der Waals surface area contributed by atoms with Crippen molar-refractivity contribution in [2.24, 2.45) is 0 Å². The lowest BCUT2D eigenvalue weighted by Gasteiger charge is -2.29. The largest absolute Gasteiger partial charge is 0.456 e. The van der Waals surface area contributed by atoms with E-state index in [0.717, 1.165) is 65.0 Å². The number of nitrogens with zero attached hydrogens (tertiary/aromatic N) is 3. The van der Waals surface area contributed by atoms with Gasteiger partial charge in [0, 0.05) is 98.3 Å². The van der Waals surface area contributed by atoms with Crippen molar-refractivity contribution in [1.82, 2.24) is 8.88 Å². The van der Waals surface area contributed by atoms with Crippen molar-refractivity contribution in [2.75, 3.05) is 42.6 Å². The topological polar surface area (TPSA) is 56.8 Å². The highest BCUT2D eigenvalue weighted by atomic mass is 32.2. The molecule has 1 aliphatic carbocycles. The minimum absolute atomic E-state index is 0.289. The van der Waals surface area contributed by atoms with Crippen LogP contribution >= 0.6 is 23.5 Å². The van der Waals surface area contributed by atoms with E-state index in [0.29, 0.717) is 30.0 Å². The molecule has 0 amide bonds. The zero-order valence-corrected chi connectivity index (χ0v) is 41.4. The summed E-state index contributed by atoms with van der Waals surface area (Å²) in [6.45, 7) is 14.9. The van der Waals surface area contributed by atoms with E-state index >= 15 is 0 Å². The minimum Gasteiger partial charge on any atom is -0.456 e. The maximum absolute atomic E-state index is 14.5. The van der Waals surface area contributed by atoms with Gasteiger partial charge in [-0.15, -0.1) is 23.5 Å². The van der Waals surface area contributed by atoms with Crippen LogP contribution in [0.5, 0.6) is 0 Å². The van der Waals surface area contributed by atoms with Crippen molar-refractivity contribution in [3.63, 3.8) is 0 Å². The highest BCUT2D eigenvalue weighted by Gasteiger charge is 2.29. The van der Waals surface area contributed by atoms with Crippen LogP contribution in [0, 0.1) is 27.7 Å². The number of para-hydroxylation sites is 2. The van der Waals surface area contributed by atoms with E-state index in [1.54, 1.807) is 6.07 Å². The second-order valence-electron chi connectivity index (χ2n) is 16.7. The fourth-order valence-electron chi connectivity index (χ4n) is 9.16. The normalized spacial score (nSPS) is 12.3. The second-order valence-corrected chi connectivity index (χ2v) is 21.0. The van der Waals surface area contributed by atoms with Crippen LogP contribution < -0.4 is 14.8 Å². The monoisotopic (exact) mass is 930 g/mol. The van der Waals surface area contributed by atoms with E-state index in [9.17, 15) is 8.42 Å². The highest BCUT2D eigenvalue weighted by molar-refractivity contribution is 7.99. The first-order valence-corrected chi connectivity index (χ1v) is 26.5. The molecule has 6 aromatic carbocycles. The van der Waals surface area contributed by atoms with Gasteiger partial charge in [0.15, 0.2) is 0 Å². The Kier molecular flexibility index (Phi) is 15.2. The van der Waals surface area contributed by atoms with Crippen molar-refractivity contribution in [3.05, 3.63) is 185 Å². The number of fused-ring (bicyclic) bond motifs is 2. The number of hydrogen-bond donors (Lipinski definition) is 0. The van der Waals surface area contributed by atoms with Crippen molar-refractivity contribution in [1.29, 1.82) is 0 Å².